The molecule has 4 aromatic rings. The van der Waals surface area contributed by atoms with E-state index in [1.54, 1.807) is 19.5 Å². The summed E-state index contributed by atoms with van der Waals surface area (Å²) >= 11 is 1.30. The van der Waals surface area contributed by atoms with Crippen molar-refractivity contribution in [2.75, 3.05) is 13.7 Å². The Hall–Kier alpha value is -3.26. The van der Waals surface area contributed by atoms with Crippen molar-refractivity contribution >= 4 is 22.4 Å². The van der Waals surface area contributed by atoms with Crippen LogP contribution in [0.3, 0.4) is 0 Å². The number of benzene rings is 1. The molecule has 0 radical (unpaired) electrons. The number of methoxy groups -OCH3 is 1. The molecule has 3 heterocycles. The molecule has 7 nitrogen and oxygen atoms in total. The summed E-state index contributed by atoms with van der Waals surface area (Å²) in [6.07, 6.45) is 11.1. The molecule has 0 bridgehead atoms. The first-order chi connectivity index (χ1) is 15.7. The normalized spacial score (nSPS) is 11.9. The third-order valence-corrected chi connectivity index (χ3v) is 6.05. The number of hydrogen-bond donors (Lipinski definition) is 0. The molecule has 0 saturated heterocycles. The van der Waals surface area contributed by atoms with Crippen molar-refractivity contribution < 1.29 is 9.47 Å². The third kappa shape index (κ3) is 4.96. The molecular formula is C24H26N4O3S. The number of fused-ring (bicyclic) bond motifs is 1. The fraction of sp³-hybridized carbons (Fsp3) is 0.333. The molecule has 0 N–H and O–H groups in total. The predicted octanol–water partition coefficient (Wildman–Crippen LogP) is 4.12. The van der Waals surface area contributed by atoms with Crippen molar-refractivity contribution in [2.24, 2.45) is 0 Å². The Kier molecular flexibility index (Phi) is 7.11. The first-order valence-electron chi connectivity index (χ1n) is 10.8. The Morgan fingerprint density at radius 1 is 1.12 bits per heavy atom. The van der Waals surface area contributed by atoms with Gasteiger partial charge in [-0.3, -0.25) is 9.78 Å². The molecular weight excluding hydrogens is 424 g/mol. The summed E-state index contributed by atoms with van der Waals surface area (Å²) in [5.74, 6) is 1.86. The second kappa shape index (κ2) is 10.4. The largest absolute Gasteiger partial charge is 0.493 e. The summed E-state index contributed by atoms with van der Waals surface area (Å²) in [5.41, 5.74) is 1.43. The van der Waals surface area contributed by atoms with Crippen LogP contribution in [0.4, 0.5) is 0 Å². The zero-order valence-corrected chi connectivity index (χ0v) is 19.1. The van der Waals surface area contributed by atoms with E-state index in [-0.39, 0.29) is 5.56 Å². The van der Waals surface area contributed by atoms with Crippen LogP contribution in [0.25, 0.3) is 22.4 Å². The average Bonchev–Trinajstić information content (AvgIpc) is 3.36. The number of ether oxygens (including phenoxy) is 2. The molecule has 0 amide bonds. The Bertz CT molecular complexity index is 1280. The first kappa shape index (κ1) is 22.0. The molecule has 0 aliphatic heterocycles. The molecule has 0 atom stereocenters. The van der Waals surface area contributed by atoms with Gasteiger partial charge in [0.05, 0.1) is 18.2 Å². The highest BCUT2D eigenvalue weighted by Crippen LogP contribution is 2.28. The van der Waals surface area contributed by atoms with Gasteiger partial charge in [0.2, 0.25) is 4.96 Å². The van der Waals surface area contributed by atoms with E-state index in [4.69, 9.17) is 9.47 Å². The van der Waals surface area contributed by atoms with Crippen LogP contribution >= 0.6 is 11.3 Å². The molecule has 3 aromatic heterocycles. The summed E-state index contributed by atoms with van der Waals surface area (Å²) in [5, 5.41) is 4.35. The van der Waals surface area contributed by atoms with Crippen LogP contribution < -0.4 is 19.6 Å². The molecule has 8 heteroatoms. The number of nitrogens with zero attached hydrogens (tertiary/aromatic N) is 4. The van der Waals surface area contributed by atoms with E-state index in [1.165, 1.54) is 41.5 Å². The lowest BCUT2D eigenvalue weighted by atomic mass is 10.1. The van der Waals surface area contributed by atoms with Crippen LogP contribution in [0.1, 0.15) is 44.6 Å². The van der Waals surface area contributed by atoms with Gasteiger partial charge in [-0.25, -0.2) is 0 Å². The van der Waals surface area contributed by atoms with Crippen LogP contribution in [0.2, 0.25) is 0 Å². The van der Waals surface area contributed by atoms with Gasteiger partial charge in [-0.05, 0) is 42.3 Å². The number of rotatable bonds is 10. The summed E-state index contributed by atoms with van der Waals surface area (Å²) in [6.45, 7) is 2.88. The van der Waals surface area contributed by atoms with E-state index in [9.17, 15) is 4.79 Å². The molecule has 4 rings (SSSR count). The monoisotopic (exact) mass is 450 g/mol. The quantitative estimate of drug-likeness (QED) is 0.338. The van der Waals surface area contributed by atoms with Gasteiger partial charge >= 0.3 is 0 Å². The summed E-state index contributed by atoms with van der Waals surface area (Å²) in [7, 11) is 1.62. The summed E-state index contributed by atoms with van der Waals surface area (Å²) in [4.78, 5) is 21.9. The molecule has 0 aliphatic carbocycles. The van der Waals surface area contributed by atoms with Crippen molar-refractivity contribution in [3.63, 3.8) is 0 Å². The molecule has 0 unspecified atom stereocenters. The molecule has 0 saturated carbocycles. The lowest BCUT2D eigenvalue weighted by molar-refractivity contribution is 0.285. The maximum absolute atomic E-state index is 12.8. The van der Waals surface area contributed by atoms with E-state index in [0.29, 0.717) is 33.4 Å². The minimum atomic E-state index is -0.195. The lowest BCUT2D eigenvalue weighted by Crippen LogP contribution is -2.23. The molecule has 0 aliphatic rings. The fourth-order valence-electron chi connectivity index (χ4n) is 3.38. The number of unbranched alkanes of at least 4 members (excludes halogenated alkanes) is 4. The van der Waals surface area contributed by atoms with E-state index in [2.05, 4.69) is 22.0 Å². The van der Waals surface area contributed by atoms with Gasteiger partial charge in [-0.15, -0.1) is 5.10 Å². The maximum atomic E-state index is 12.8. The maximum Gasteiger partial charge on any atom is 0.291 e. The lowest BCUT2D eigenvalue weighted by Gasteiger charge is -2.11. The number of pyridine rings is 1. The van der Waals surface area contributed by atoms with Crippen molar-refractivity contribution in [2.45, 2.75) is 39.0 Å². The second-order valence-corrected chi connectivity index (χ2v) is 8.47. The van der Waals surface area contributed by atoms with Gasteiger partial charge < -0.3 is 9.47 Å². The Morgan fingerprint density at radius 3 is 2.75 bits per heavy atom. The SMILES string of the molecule is CCCCCCCOc1ccc(/C=c2/sc3nc(-c4cccnc4)nn3c2=O)cc1OC. The first-order valence-corrected chi connectivity index (χ1v) is 11.6. The standard InChI is InChI=1S/C24H26N4O3S/c1-3-4-5-6-7-13-31-19-11-10-17(14-20(19)30-2)15-21-23(29)28-24(32-21)26-22(27-28)18-9-8-12-25-16-18/h8-12,14-16H,3-7,13H2,1-2H3/b21-15+. The molecule has 166 valence electrons. The zero-order chi connectivity index (χ0) is 22.3. The number of thiazole rings is 1. The minimum Gasteiger partial charge on any atom is -0.493 e. The molecule has 1 aromatic carbocycles. The van der Waals surface area contributed by atoms with E-state index < -0.39 is 0 Å². The van der Waals surface area contributed by atoms with E-state index >= 15 is 0 Å². The van der Waals surface area contributed by atoms with Gasteiger partial charge in [-0.1, -0.05) is 50.0 Å². The van der Waals surface area contributed by atoms with Crippen LogP contribution in [0.15, 0.2) is 47.5 Å². The number of aromatic nitrogens is 4. The van der Waals surface area contributed by atoms with Crippen LogP contribution in [-0.2, 0) is 0 Å². The Labute approximate surface area is 190 Å². The molecule has 0 fully saturated rings. The zero-order valence-electron chi connectivity index (χ0n) is 18.3. The summed E-state index contributed by atoms with van der Waals surface area (Å²) in [6, 6.07) is 9.37. The van der Waals surface area contributed by atoms with Crippen LogP contribution in [-0.4, -0.2) is 33.3 Å². The molecule has 32 heavy (non-hydrogen) atoms. The molecule has 0 spiro atoms. The van der Waals surface area contributed by atoms with Crippen molar-refractivity contribution in [3.8, 4) is 22.9 Å². The van der Waals surface area contributed by atoms with Crippen molar-refractivity contribution in [1.82, 2.24) is 19.6 Å². The van der Waals surface area contributed by atoms with Gasteiger partial charge in [0.25, 0.3) is 5.56 Å². The topological polar surface area (TPSA) is 78.6 Å². The smallest absolute Gasteiger partial charge is 0.291 e. The minimum absolute atomic E-state index is 0.195. The summed E-state index contributed by atoms with van der Waals surface area (Å²) < 4.78 is 13.3. The second-order valence-electron chi connectivity index (χ2n) is 7.46. The van der Waals surface area contributed by atoms with E-state index in [0.717, 1.165) is 17.5 Å². The highest BCUT2D eigenvalue weighted by atomic mass is 32.1. The van der Waals surface area contributed by atoms with Gasteiger partial charge in [-0.2, -0.15) is 9.50 Å². The van der Waals surface area contributed by atoms with Gasteiger partial charge in [0.15, 0.2) is 17.3 Å². The Balaban J connectivity index is 1.52. The van der Waals surface area contributed by atoms with Crippen LogP contribution in [0.5, 0.6) is 11.5 Å². The van der Waals surface area contributed by atoms with E-state index in [1.807, 2.05) is 36.4 Å². The average molecular weight is 451 g/mol. The number of hydrogen-bond acceptors (Lipinski definition) is 7. The third-order valence-electron chi connectivity index (χ3n) is 5.09. The predicted molar refractivity (Wildman–Crippen MR) is 126 cm³/mol. The Morgan fingerprint density at radius 2 is 2.00 bits per heavy atom. The highest BCUT2D eigenvalue weighted by Gasteiger charge is 2.12. The van der Waals surface area contributed by atoms with Crippen molar-refractivity contribution in [3.05, 3.63) is 63.2 Å². The van der Waals surface area contributed by atoms with Crippen molar-refractivity contribution in [1.29, 1.82) is 0 Å². The van der Waals surface area contributed by atoms with Gasteiger partial charge in [0, 0.05) is 18.0 Å². The fourth-order valence-corrected chi connectivity index (χ4v) is 4.29. The highest BCUT2D eigenvalue weighted by molar-refractivity contribution is 7.15. The van der Waals surface area contributed by atoms with Gasteiger partial charge in [0.1, 0.15) is 0 Å². The van der Waals surface area contributed by atoms with Crippen LogP contribution in [0, 0.1) is 0 Å².